The van der Waals surface area contributed by atoms with Gasteiger partial charge < -0.3 is 4.90 Å². The molecule has 4 aromatic rings. The van der Waals surface area contributed by atoms with Gasteiger partial charge in [0, 0.05) is 43.8 Å². The molecule has 7 nitrogen and oxygen atoms in total. The van der Waals surface area contributed by atoms with Crippen molar-refractivity contribution in [3.8, 4) is 5.69 Å². The van der Waals surface area contributed by atoms with Gasteiger partial charge in [-0.1, -0.05) is 18.2 Å². The lowest BCUT2D eigenvalue weighted by Gasteiger charge is -2.35. The summed E-state index contributed by atoms with van der Waals surface area (Å²) in [5, 5.41) is 2.12. The highest BCUT2D eigenvalue weighted by atomic mass is 32.1. The van der Waals surface area contributed by atoms with Crippen LogP contribution in [-0.2, 0) is 6.54 Å². The van der Waals surface area contributed by atoms with Gasteiger partial charge in [0.25, 0.3) is 0 Å². The number of rotatable bonds is 4. The Morgan fingerprint density at radius 3 is 2.56 bits per heavy atom. The second kappa shape index (κ2) is 7.05. The minimum atomic E-state index is 0.844. The van der Waals surface area contributed by atoms with Crippen molar-refractivity contribution in [1.29, 1.82) is 0 Å². The van der Waals surface area contributed by atoms with Gasteiger partial charge in [0.2, 0.25) is 0 Å². The molecule has 0 atom stereocenters. The highest BCUT2D eigenvalue weighted by molar-refractivity contribution is 7.07. The van der Waals surface area contributed by atoms with Crippen LogP contribution in [0.4, 0.5) is 5.82 Å². The van der Waals surface area contributed by atoms with E-state index in [1.807, 2.05) is 34.6 Å². The lowest BCUT2D eigenvalue weighted by Crippen LogP contribution is -2.46. The molecule has 0 spiro atoms. The van der Waals surface area contributed by atoms with E-state index in [1.165, 1.54) is 0 Å². The third-order valence-electron chi connectivity index (χ3n) is 4.89. The third-order valence-corrected chi connectivity index (χ3v) is 5.52. The number of piperazine rings is 1. The van der Waals surface area contributed by atoms with Crippen molar-refractivity contribution in [2.24, 2.45) is 0 Å². The van der Waals surface area contributed by atoms with Crippen LogP contribution in [0.15, 0.2) is 53.9 Å². The van der Waals surface area contributed by atoms with Gasteiger partial charge in [0.05, 0.1) is 11.2 Å². The van der Waals surface area contributed by atoms with Crippen molar-refractivity contribution in [3.63, 3.8) is 0 Å². The minimum Gasteiger partial charge on any atom is -0.352 e. The van der Waals surface area contributed by atoms with E-state index in [2.05, 4.69) is 47.2 Å². The number of hydrogen-bond donors (Lipinski definition) is 0. The van der Waals surface area contributed by atoms with E-state index in [-0.39, 0.29) is 0 Å². The standard InChI is InChI=1S/C19H19N7S/c1-2-4-16(5-3-1)26-13-22-17-18(20-12-21-19(17)26)25-8-6-24(7-9-25)10-15-11-27-14-23-15/h1-5,11-14H,6-10H2. The average molecular weight is 377 g/mol. The van der Waals surface area contributed by atoms with Crippen LogP contribution in [0.3, 0.4) is 0 Å². The molecule has 0 amide bonds. The monoisotopic (exact) mass is 377 g/mol. The molecule has 1 saturated heterocycles. The summed E-state index contributed by atoms with van der Waals surface area (Å²) in [6.45, 7) is 4.74. The summed E-state index contributed by atoms with van der Waals surface area (Å²) in [5.74, 6) is 0.919. The van der Waals surface area contributed by atoms with Gasteiger partial charge in [-0.25, -0.2) is 19.9 Å². The van der Waals surface area contributed by atoms with Crippen LogP contribution in [-0.4, -0.2) is 55.6 Å². The van der Waals surface area contributed by atoms with Crippen LogP contribution < -0.4 is 4.90 Å². The van der Waals surface area contributed by atoms with Crippen LogP contribution in [0.1, 0.15) is 5.69 Å². The largest absolute Gasteiger partial charge is 0.352 e. The molecule has 0 bridgehead atoms. The molecular weight excluding hydrogens is 358 g/mol. The first kappa shape index (κ1) is 16.3. The quantitative estimate of drug-likeness (QED) is 0.545. The van der Waals surface area contributed by atoms with E-state index in [0.717, 1.165) is 61.1 Å². The number of para-hydroxylation sites is 1. The van der Waals surface area contributed by atoms with E-state index < -0.39 is 0 Å². The minimum absolute atomic E-state index is 0.844. The molecule has 3 aromatic heterocycles. The van der Waals surface area contributed by atoms with Crippen molar-refractivity contribution < 1.29 is 0 Å². The van der Waals surface area contributed by atoms with E-state index >= 15 is 0 Å². The molecule has 1 aliphatic rings. The van der Waals surface area contributed by atoms with E-state index in [1.54, 1.807) is 17.7 Å². The van der Waals surface area contributed by atoms with Crippen molar-refractivity contribution in [1.82, 2.24) is 29.4 Å². The summed E-state index contributed by atoms with van der Waals surface area (Å²) in [7, 11) is 0. The lowest BCUT2D eigenvalue weighted by atomic mass is 10.3. The highest BCUT2D eigenvalue weighted by Gasteiger charge is 2.22. The van der Waals surface area contributed by atoms with Crippen LogP contribution in [0.2, 0.25) is 0 Å². The fourth-order valence-corrected chi connectivity index (χ4v) is 4.04. The SMILES string of the molecule is c1ccc(-n2cnc3c(N4CCN(Cc5cscn5)CC4)ncnc32)cc1. The Bertz CT molecular complexity index is 1020. The van der Waals surface area contributed by atoms with Gasteiger partial charge in [-0.3, -0.25) is 9.47 Å². The molecule has 0 radical (unpaired) electrons. The van der Waals surface area contributed by atoms with E-state index in [0.29, 0.717) is 0 Å². The van der Waals surface area contributed by atoms with Crippen LogP contribution >= 0.6 is 11.3 Å². The Labute approximate surface area is 161 Å². The zero-order chi connectivity index (χ0) is 18.1. The van der Waals surface area contributed by atoms with Gasteiger partial charge in [0.1, 0.15) is 12.7 Å². The Morgan fingerprint density at radius 1 is 0.926 bits per heavy atom. The molecule has 4 heterocycles. The summed E-state index contributed by atoms with van der Waals surface area (Å²) < 4.78 is 2.01. The first-order valence-electron chi connectivity index (χ1n) is 8.96. The molecule has 8 heteroatoms. The van der Waals surface area contributed by atoms with Crippen LogP contribution in [0.25, 0.3) is 16.9 Å². The second-order valence-electron chi connectivity index (χ2n) is 6.56. The maximum absolute atomic E-state index is 4.62. The van der Waals surface area contributed by atoms with Crippen molar-refractivity contribution >= 4 is 28.3 Å². The fourth-order valence-electron chi connectivity index (χ4n) is 3.49. The predicted molar refractivity (Wildman–Crippen MR) is 106 cm³/mol. The highest BCUT2D eigenvalue weighted by Crippen LogP contribution is 2.24. The first-order chi connectivity index (χ1) is 13.4. The molecule has 1 aliphatic heterocycles. The average Bonchev–Trinajstić information content (AvgIpc) is 3.39. The van der Waals surface area contributed by atoms with E-state index in [4.69, 9.17) is 0 Å². The predicted octanol–water partition coefficient (Wildman–Crippen LogP) is 2.59. The van der Waals surface area contributed by atoms with Crippen molar-refractivity contribution in [2.75, 3.05) is 31.1 Å². The normalized spacial score (nSPS) is 15.5. The fraction of sp³-hybridized carbons (Fsp3) is 0.263. The maximum atomic E-state index is 4.62. The van der Waals surface area contributed by atoms with Gasteiger partial charge in [-0.2, -0.15) is 0 Å². The molecule has 1 aromatic carbocycles. The Hall–Kier alpha value is -2.84. The molecule has 1 fully saturated rings. The summed E-state index contributed by atoms with van der Waals surface area (Å²) in [6, 6.07) is 10.2. The van der Waals surface area contributed by atoms with Crippen molar-refractivity contribution in [2.45, 2.75) is 6.54 Å². The summed E-state index contributed by atoms with van der Waals surface area (Å²) in [5.41, 5.74) is 5.80. The lowest BCUT2D eigenvalue weighted by molar-refractivity contribution is 0.247. The Morgan fingerprint density at radius 2 is 1.78 bits per heavy atom. The van der Waals surface area contributed by atoms with Crippen LogP contribution in [0.5, 0.6) is 0 Å². The molecule has 0 unspecified atom stereocenters. The number of benzene rings is 1. The first-order valence-corrected chi connectivity index (χ1v) is 9.90. The van der Waals surface area contributed by atoms with Crippen molar-refractivity contribution in [3.05, 3.63) is 59.6 Å². The molecule has 27 heavy (non-hydrogen) atoms. The second-order valence-corrected chi connectivity index (χ2v) is 7.28. The molecule has 0 N–H and O–H groups in total. The number of thiazole rings is 1. The molecule has 0 aliphatic carbocycles. The number of imidazole rings is 1. The van der Waals surface area contributed by atoms with Crippen LogP contribution in [0, 0.1) is 0 Å². The zero-order valence-corrected chi connectivity index (χ0v) is 15.6. The molecule has 0 saturated carbocycles. The van der Waals surface area contributed by atoms with Gasteiger partial charge in [0.15, 0.2) is 17.0 Å². The zero-order valence-electron chi connectivity index (χ0n) is 14.8. The molecular formula is C19H19N7S. The number of aromatic nitrogens is 5. The van der Waals surface area contributed by atoms with Gasteiger partial charge in [-0.15, -0.1) is 11.3 Å². The maximum Gasteiger partial charge on any atom is 0.170 e. The smallest absolute Gasteiger partial charge is 0.170 e. The Balaban J connectivity index is 1.37. The number of fused-ring (bicyclic) bond motifs is 1. The summed E-state index contributed by atoms with van der Waals surface area (Å²) >= 11 is 1.65. The summed E-state index contributed by atoms with van der Waals surface area (Å²) in [6.07, 6.45) is 3.47. The third kappa shape index (κ3) is 3.17. The number of anilines is 1. The van der Waals surface area contributed by atoms with E-state index in [9.17, 15) is 0 Å². The van der Waals surface area contributed by atoms with Gasteiger partial charge in [-0.05, 0) is 12.1 Å². The number of hydrogen-bond acceptors (Lipinski definition) is 7. The topological polar surface area (TPSA) is 63.0 Å². The molecule has 5 rings (SSSR count). The number of nitrogens with zero attached hydrogens (tertiary/aromatic N) is 7. The summed E-state index contributed by atoms with van der Waals surface area (Å²) in [4.78, 5) is 22.8. The molecule has 136 valence electrons. The van der Waals surface area contributed by atoms with Gasteiger partial charge >= 0.3 is 0 Å². The Kier molecular flexibility index (Phi) is 4.27.